The molecule has 2 rings (SSSR count). The van der Waals surface area contributed by atoms with Crippen LogP contribution in [0.5, 0.6) is 0 Å². The van der Waals surface area contributed by atoms with Crippen LogP contribution in [0.1, 0.15) is 17.9 Å². The molecule has 1 aromatic carbocycles. The Bertz CT molecular complexity index is 396. The SMILES string of the molecule is COC(=O)[C@@H]1C[N-]CC[C@H]1c1ccc(F)cc1.[W]. The van der Waals surface area contributed by atoms with Gasteiger partial charge in [0.1, 0.15) is 5.82 Å². The number of hydrogen-bond donors (Lipinski definition) is 0. The maximum absolute atomic E-state index is 12.9. The molecule has 5 heteroatoms. The normalized spacial score (nSPS) is 23.0. The first kappa shape index (κ1) is 15.3. The van der Waals surface area contributed by atoms with E-state index in [1.165, 1.54) is 19.2 Å². The molecule has 1 heterocycles. The molecule has 0 radical (unpaired) electrons. The van der Waals surface area contributed by atoms with Gasteiger partial charge in [0.25, 0.3) is 0 Å². The summed E-state index contributed by atoms with van der Waals surface area (Å²) in [7, 11) is 1.39. The molecule has 1 aromatic rings. The molecule has 0 amide bonds. The van der Waals surface area contributed by atoms with Gasteiger partial charge in [-0.15, -0.1) is 13.1 Å². The van der Waals surface area contributed by atoms with Gasteiger partial charge in [0.15, 0.2) is 0 Å². The molecule has 1 aliphatic rings. The Kier molecular flexibility index (Phi) is 5.96. The smallest absolute Gasteiger partial charge is 0.307 e. The van der Waals surface area contributed by atoms with Gasteiger partial charge in [-0.25, -0.2) is 4.39 Å². The third-order valence-corrected chi connectivity index (χ3v) is 3.21. The number of rotatable bonds is 2. The summed E-state index contributed by atoms with van der Waals surface area (Å²) >= 11 is 0. The molecule has 1 fully saturated rings. The standard InChI is InChI=1S/C13H15FNO2.W/c1-17-13(16)12-8-15-7-6-11(12)9-2-4-10(14)5-3-9;/h2-5,11-12H,6-8H2,1H3;/q-1;/t11-,12+;/m0./s1. The molecule has 18 heavy (non-hydrogen) atoms. The minimum absolute atomic E-state index is 0. The van der Waals surface area contributed by atoms with Crippen LogP contribution in [0, 0.1) is 11.7 Å². The van der Waals surface area contributed by atoms with Gasteiger partial charge in [0, 0.05) is 27.0 Å². The van der Waals surface area contributed by atoms with E-state index in [-0.39, 0.29) is 44.7 Å². The van der Waals surface area contributed by atoms with Crippen LogP contribution in [0.15, 0.2) is 24.3 Å². The van der Waals surface area contributed by atoms with Gasteiger partial charge in [0.05, 0.1) is 7.11 Å². The van der Waals surface area contributed by atoms with E-state index in [4.69, 9.17) is 4.74 Å². The molecule has 0 spiro atoms. The molecule has 1 saturated heterocycles. The second-order valence-corrected chi connectivity index (χ2v) is 4.21. The Hall–Kier alpha value is -0.732. The molecule has 0 aliphatic carbocycles. The predicted molar refractivity (Wildman–Crippen MR) is 62.4 cm³/mol. The van der Waals surface area contributed by atoms with Crippen molar-refractivity contribution in [3.8, 4) is 0 Å². The van der Waals surface area contributed by atoms with E-state index in [1.807, 2.05) is 0 Å². The van der Waals surface area contributed by atoms with E-state index in [0.29, 0.717) is 6.54 Å². The van der Waals surface area contributed by atoms with Crippen LogP contribution in [-0.2, 0) is 30.6 Å². The summed E-state index contributed by atoms with van der Waals surface area (Å²) in [5.41, 5.74) is 0.983. The van der Waals surface area contributed by atoms with Crippen LogP contribution in [0.25, 0.3) is 5.32 Å². The fourth-order valence-electron chi connectivity index (χ4n) is 2.29. The molecule has 0 bridgehead atoms. The Morgan fingerprint density at radius 1 is 1.39 bits per heavy atom. The largest absolute Gasteiger partial charge is 0.662 e. The molecule has 2 atom stereocenters. The second-order valence-electron chi connectivity index (χ2n) is 4.21. The molecule has 3 nitrogen and oxygen atoms in total. The van der Waals surface area contributed by atoms with Gasteiger partial charge >= 0.3 is 5.97 Å². The first-order valence-electron chi connectivity index (χ1n) is 5.69. The number of piperidine rings is 1. The summed E-state index contributed by atoms with van der Waals surface area (Å²) < 4.78 is 17.7. The zero-order valence-corrected chi connectivity index (χ0v) is 13.1. The van der Waals surface area contributed by atoms with Gasteiger partial charge in [-0.3, -0.25) is 4.79 Å². The third-order valence-electron chi connectivity index (χ3n) is 3.21. The third kappa shape index (κ3) is 3.39. The van der Waals surface area contributed by atoms with Gasteiger partial charge in [0.2, 0.25) is 0 Å². The predicted octanol–water partition coefficient (Wildman–Crippen LogP) is 2.47. The van der Waals surface area contributed by atoms with Crippen molar-refractivity contribution in [2.24, 2.45) is 5.92 Å². The fourth-order valence-corrected chi connectivity index (χ4v) is 2.29. The average molecular weight is 420 g/mol. The fraction of sp³-hybridized carbons (Fsp3) is 0.462. The van der Waals surface area contributed by atoms with Crippen LogP contribution < -0.4 is 0 Å². The van der Waals surface area contributed by atoms with Crippen molar-refractivity contribution in [2.75, 3.05) is 20.2 Å². The monoisotopic (exact) mass is 420 g/mol. The number of halogens is 1. The van der Waals surface area contributed by atoms with Crippen LogP contribution in [-0.4, -0.2) is 26.2 Å². The van der Waals surface area contributed by atoms with Crippen molar-refractivity contribution in [2.45, 2.75) is 12.3 Å². The minimum Gasteiger partial charge on any atom is -0.662 e. The number of methoxy groups -OCH3 is 1. The van der Waals surface area contributed by atoms with Crippen molar-refractivity contribution in [1.29, 1.82) is 0 Å². The summed E-state index contributed by atoms with van der Waals surface area (Å²) in [5, 5.41) is 4.25. The molecule has 1 aliphatic heterocycles. The van der Waals surface area contributed by atoms with E-state index in [1.54, 1.807) is 12.1 Å². The molecule has 0 unspecified atom stereocenters. The zero-order valence-electron chi connectivity index (χ0n) is 10.1. The summed E-state index contributed by atoms with van der Waals surface area (Å²) in [6.45, 7) is 1.24. The first-order chi connectivity index (χ1) is 8.22. The van der Waals surface area contributed by atoms with Gasteiger partial charge in [-0.2, -0.15) is 0 Å². The molecule has 0 saturated carbocycles. The van der Waals surface area contributed by atoms with E-state index in [9.17, 15) is 9.18 Å². The van der Waals surface area contributed by atoms with Gasteiger partial charge < -0.3 is 10.1 Å². The maximum Gasteiger partial charge on any atom is 0.307 e. The van der Waals surface area contributed by atoms with Gasteiger partial charge in [-0.05, 0) is 23.6 Å². The van der Waals surface area contributed by atoms with E-state index in [2.05, 4.69) is 5.32 Å². The first-order valence-corrected chi connectivity index (χ1v) is 5.69. The quantitative estimate of drug-likeness (QED) is 0.691. The van der Waals surface area contributed by atoms with Crippen molar-refractivity contribution in [3.63, 3.8) is 0 Å². The molecule has 98 valence electrons. The summed E-state index contributed by atoms with van der Waals surface area (Å²) in [4.78, 5) is 11.7. The van der Waals surface area contributed by atoms with Crippen LogP contribution in [0.4, 0.5) is 4.39 Å². The number of ether oxygens (including phenoxy) is 1. The van der Waals surface area contributed by atoms with Crippen molar-refractivity contribution in [3.05, 3.63) is 41.0 Å². The Morgan fingerprint density at radius 3 is 2.67 bits per heavy atom. The minimum atomic E-state index is -0.260. The summed E-state index contributed by atoms with van der Waals surface area (Å²) in [5.74, 6) is -0.647. The topological polar surface area (TPSA) is 40.4 Å². The molecular weight excluding hydrogens is 405 g/mol. The van der Waals surface area contributed by atoms with Crippen LogP contribution >= 0.6 is 0 Å². The Balaban J connectivity index is 0.00000162. The number of hydrogen-bond acceptors (Lipinski definition) is 2. The molecule has 0 aromatic heterocycles. The van der Waals surface area contributed by atoms with E-state index < -0.39 is 0 Å². The summed E-state index contributed by atoms with van der Waals surface area (Å²) in [6.07, 6.45) is 0.811. The second kappa shape index (κ2) is 7.00. The van der Waals surface area contributed by atoms with Crippen molar-refractivity contribution < 1.29 is 35.0 Å². The maximum atomic E-state index is 12.9. The molecular formula is C13H15FNO2W-. The number of esters is 1. The van der Waals surface area contributed by atoms with Crippen molar-refractivity contribution >= 4 is 5.97 Å². The van der Waals surface area contributed by atoms with Crippen LogP contribution in [0.3, 0.4) is 0 Å². The van der Waals surface area contributed by atoms with E-state index in [0.717, 1.165) is 18.5 Å². The van der Waals surface area contributed by atoms with E-state index >= 15 is 0 Å². The van der Waals surface area contributed by atoms with Gasteiger partial charge in [-0.1, -0.05) is 18.6 Å². The zero-order chi connectivity index (χ0) is 12.3. The molecule has 0 N–H and O–H groups in total. The number of benzene rings is 1. The average Bonchev–Trinajstić information content (AvgIpc) is 2.39. The van der Waals surface area contributed by atoms with Crippen LogP contribution in [0.2, 0.25) is 0 Å². The number of carbonyl (C=O) groups is 1. The number of carbonyl (C=O) groups excluding carboxylic acids is 1. The Labute approximate surface area is 120 Å². The summed E-state index contributed by atoms with van der Waals surface area (Å²) in [6, 6.07) is 6.33. The number of nitrogens with zero attached hydrogens (tertiary/aromatic N) is 1. The Morgan fingerprint density at radius 2 is 2.06 bits per heavy atom. The van der Waals surface area contributed by atoms with Crippen molar-refractivity contribution in [1.82, 2.24) is 0 Å².